The van der Waals surface area contributed by atoms with Gasteiger partial charge in [-0.25, -0.2) is 0 Å². The number of carbonyl (C=O) groups is 1. The van der Waals surface area contributed by atoms with E-state index in [9.17, 15) is 4.79 Å². The summed E-state index contributed by atoms with van der Waals surface area (Å²) in [5, 5.41) is 2.96. The van der Waals surface area contributed by atoms with Gasteiger partial charge in [-0.2, -0.15) is 0 Å². The van der Waals surface area contributed by atoms with Crippen LogP contribution >= 0.6 is 0 Å². The number of aryl methyl sites for hydroxylation is 1. The van der Waals surface area contributed by atoms with Crippen molar-refractivity contribution >= 4 is 17.3 Å². The maximum atomic E-state index is 12.1. The van der Waals surface area contributed by atoms with Gasteiger partial charge in [-0.05, 0) is 42.0 Å². The maximum absolute atomic E-state index is 12.1. The van der Waals surface area contributed by atoms with Crippen molar-refractivity contribution in [2.24, 2.45) is 0 Å². The van der Waals surface area contributed by atoms with Gasteiger partial charge in [0.05, 0.1) is 6.26 Å². The first-order valence-electron chi connectivity index (χ1n) is 10.2. The number of anilines is 2. The smallest absolute Gasteiger partial charge is 0.224 e. The second-order valence-corrected chi connectivity index (χ2v) is 7.42. The average Bonchev–Trinajstić information content (AvgIpc) is 3.28. The number of furan rings is 1. The molecule has 0 spiro atoms. The van der Waals surface area contributed by atoms with E-state index in [1.807, 2.05) is 24.3 Å². The van der Waals surface area contributed by atoms with E-state index in [1.54, 1.807) is 6.26 Å². The van der Waals surface area contributed by atoms with Crippen molar-refractivity contribution in [2.45, 2.75) is 19.4 Å². The van der Waals surface area contributed by atoms with Crippen LogP contribution in [0, 0.1) is 0 Å². The summed E-state index contributed by atoms with van der Waals surface area (Å²) >= 11 is 0. The van der Waals surface area contributed by atoms with Crippen LogP contribution in [0.15, 0.2) is 77.4 Å². The fourth-order valence-corrected chi connectivity index (χ4v) is 3.68. The third-order valence-corrected chi connectivity index (χ3v) is 5.32. The largest absolute Gasteiger partial charge is 0.469 e. The Hall–Kier alpha value is -3.05. The number of amides is 1. The molecule has 1 amide bonds. The summed E-state index contributed by atoms with van der Waals surface area (Å²) in [6.45, 7) is 5.15. The van der Waals surface area contributed by atoms with Crippen LogP contribution in [0.1, 0.15) is 17.7 Å². The van der Waals surface area contributed by atoms with Gasteiger partial charge in [0.25, 0.3) is 0 Å². The van der Waals surface area contributed by atoms with Gasteiger partial charge in [-0.15, -0.1) is 0 Å². The summed E-state index contributed by atoms with van der Waals surface area (Å²) in [6.07, 6.45) is 2.66. The number of hydrogen-bond donors (Lipinski definition) is 1. The molecule has 1 aliphatic rings. The van der Waals surface area contributed by atoms with Gasteiger partial charge in [-0.3, -0.25) is 9.69 Å². The molecule has 3 aromatic rings. The molecule has 0 unspecified atom stereocenters. The van der Waals surface area contributed by atoms with Gasteiger partial charge >= 0.3 is 0 Å². The van der Waals surface area contributed by atoms with Gasteiger partial charge in [0.15, 0.2) is 0 Å². The van der Waals surface area contributed by atoms with Gasteiger partial charge in [-0.1, -0.05) is 30.3 Å². The van der Waals surface area contributed by atoms with E-state index < -0.39 is 0 Å². The number of rotatable bonds is 7. The zero-order chi connectivity index (χ0) is 19.9. The molecule has 1 saturated heterocycles. The van der Waals surface area contributed by atoms with Crippen LogP contribution in [0.25, 0.3) is 0 Å². The first kappa shape index (κ1) is 19.3. The molecule has 5 heteroatoms. The molecule has 0 atom stereocenters. The Labute approximate surface area is 171 Å². The van der Waals surface area contributed by atoms with Crippen molar-refractivity contribution in [3.63, 3.8) is 0 Å². The van der Waals surface area contributed by atoms with Crippen LogP contribution in [0.3, 0.4) is 0 Å². The molecule has 2 aromatic carbocycles. The van der Waals surface area contributed by atoms with Gasteiger partial charge in [0.2, 0.25) is 5.91 Å². The minimum absolute atomic E-state index is 0.00340. The minimum Gasteiger partial charge on any atom is -0.469 e. The van der Waals surface area contributed by atoms with Gasteiger partial charge in [0.1, 0.15) is 5.76 Å². The molecule has 1 fully saturated rings. The lowest BCUT2D eigenvalue weighted by Crippen LogP contribution is -2.45. The highest BCUT2D eigenvalue weighted by molar-refractivity contribution is 5.91. The predicted octanol–water partition coefficient (Wildman–Crippen LogP) is 4.17. The zero-order valence-electron chi connectivity index (χ0n) is 16.6. The summed E-state index contributed by atoms with van der Waals surface area (Å²) in [6, 6.07) is 22.5. The van der Waals surface area contributed by atoms with Crippen LogP contribution in [-0.2, 0) is 17.8 Å². The maximum Gasteiger partial charge on any atom is 0.224 e. The third-order valence-electron chi connectivity index (χ3n) is 5.32. The van der Waals surface area contributed by atoms with E-state index in [0.717, 1.165) is 44.2 Å². The van der Waals surface area contributed by atoms with Crippen molar-refractivity contribution < 1.29 is 9.21 Å². The highest BCUT2D eigenvalue weighted by Gasteiger charge is 2.17. The van der Waals surface area contributed by atoms with Crippen molar-refractivity contribution in [1.82, 2.24) is 4.90 Å². The molecule has 0 radical (unpaired) electrons. The summed E-state index contributed by atoms with van der Waals surface area (Å²) < 4.78 is 5.27. The third kappa shape index (κ3) is 5.48. The molecule has 2 heterocycles. The van der Waals surface area contributed by atoms with Crippen molar-refractivity contribution in [3.05, 3.63) is 84.3 Å². The highest BCUT2D eigenvalue weighted by Crippen LogP contribution is 2.20. The van der Waals surface area contributed by atoms with E-state index >= 15 is 0 Å². The molecule has 0 saturated carbocycles. The van der Waals surface area contributed by atoms with Gasteiger partial charge in [0, 0.05) is 56.9 Å². The second kappa shape index (κ2) is 9.43. The highest BCUT2D eigenvalue weighted by atomic mass is 16.3. The molecule has 1 N–H and O–H groups in total. The number of piperazine rings is 1. The number of benzene rings is 2. The SMILES string of the molecule is O=C(CCc1ccco1)Nc1ccc(N2CCN(Cc3ccccc3)CC2)cc1. The zero-order valence-corrected chi connectivity index (χ0v) is 16.6. The first-order chi connectivity index (χ1) is 14.3. The van der Waals surface area contributed by atoms with E-state index in [2.05, 4.69) is 57.6 Å². The van der Waals surface area contributed by atoms with Crippen LogP contribution in [0.2, 0.25) is 0 Å². The molecule has 4 rings (SSSR count). The number of nitrogens with one attached hydrogen (secondary N) is 1. The van der Waals surface area contributed by atoms with E-state index in [4.69, 9.17) is 4.42 Å². The van der Waals surface area contributed by atoms with E-state index in [-0.39, 0.29) is 5.91 Å². The minimum atomic E-state index is 0.00340. The molecule has 150 valence electrons. The fraction of sp³-hybridized carbons (Fsp3) is 0.292. The lowest BCUT2D eigenvalue weighted by Gasteiger charge is -2.36. The lowest BCUT2D eigenvalue weighted by atomic mass is 10.2. The number of hydrogen-bond acceptors (Lipinski definition) is 4. The molecule has 1 aromatic heterocycles. The monoisotopic (exact) mass is 389 g/mol. The molecule has 1 aliphatic heterocycles. The normalized spacial score (nSPS) is 14.7. The Morgan fingerprint density at radius 2 is 1.66 bits per heavy atom. The Morgan fingerprint density at radius 1 is 0.897 bits per heavy atom. The van der Waals surface area contributed by atoms with Crippen molar-refractivity contribution in [2.75, 3.05) is 36.4 Å². The Balaban J connectivity index is 1.23. The Morgan fingerprint density at radius 3 is 2.34 bits per heavy atom. The lowest BCUT2D eigenvalue weighted by molar-refractivity contribution is -0.116. The number of carbonyl (C=O) groups excluding carboxylic acids is 1. The molecule has 0 aliphatic carbocycles. The molecule has 5 nitrogen and oxygen atoms in total. The number of nitrogens with zero attached hydrogens (tertiary/aromatic N) is 2. The summed E-state index contributed by atoms with van der Waals surface area (Å²) in [7, 11) is 0. The standard InChI is InChI=1S/C24H27N3O2/c28-24(13-12-23-7-4-18-29-23)25-21-8-10-22(11-9-21)27-16-14-26(15-17-27)19-20-5-2-1-3-6-20/h1-11,18H,12-17,19H2,(H,25,28). The Kier molecular flexibility index (Phi) is 6.27. The van der Waals surface area contributed by atoms with E-state index in [1.165, 1.54) is 11.3 Å². The average molecular weight is 389 g/mol. The topological polar surface area (TPSA) is 48.7 Å². The molecular formula is C24H27N3O2. The summed E-state index contributed by atoms with van der Waals surface area (Å²) in [5.74, 6) is 0.839. The Bertz CT molecular complexity index is 884. The van der Waals surface area contributed by atoms with Crippen molar-refractivity contribution in [3.8, 4) is 0 Å². The second-order valence-electron chi connectivity index (χ2n) is 7.42. The summed E-state index contributed by atoms with van der Waals surface area (Å²) in [5.41, 5.74) is 3.41. The van der Waals surface area contributed by atoms with E-state index in [0.29, 0.717) is 12.8 Å². The molecule has 29 heavy (non-hydrogen) atoms. The predicted molar refractivity (Wildman–Crippen MR) is 116 cm³/mol. The molecular weight excluding hydrogens is 362 g/mol. The first-order valence-corrected chi connectivity index (χ1v) is 10.2. The van der Waals surface area contributed by atoms with Gasteiger partial charge < -0.3 is 14.6 Å². The van der Waals surface area contributed by atoms with Crippen LogP contribution in [0.4, 0.5) is 11.4 Å². The summed E-state index contributed by atoms with van der Waals surface area (Å²) in [4.78, 5) is 17.0. The van der Waals surface area contributed by atoms with Crippen LogP contribution in [0.5, 0.6) is 0 Å². The van der Waals surface area contributed by atoms with Crippen molar-refractivity contribution in [1.29, 1.82) is 0 Å². The molecule has 0 bridgehead atoms. The fourth-order valence-electron chi connectivity index (χ4n) is 3.68. The van der Waals surface area contributed by atoms with Crippen LogP contribution < -0.4 is 10.2 Å². The quantitative estimate of drug-likeness (QED) is 0.659. The van der Waals surface area contributed by atoms with Crippen LogP contribution in [-0.4, -0.2) is 37.0 Å².